The number of hydrazone groups is 1. The summed E-state index contributed by atoms with van der Waals surface area (Å²) in [4.78, 5) is 2.53. The van der Waals surface area contributed by atoms with Gasteiger partial charge in [-0.25, -0.2) is 0 Å². The molecule has 2 saturated carbocycles. The summed E-state index contributed by atoms with van der Waals surface area (Å²) in [6.45, 7) is 6.42. The van der Waals surface area contributed by atoms with Gasteiger partial charge >= 0.3 is 0 Å². The van der Waals surface area contributed by atoms with Crippen molar-refractivity contribution in [2.75, 3.05) is 13.1 Å². The highest BCUT2D eigenvalue weighted by molar-refractivity contribution is 6.20. The van der Waals surface area contributed by atoms with Crippen molar-refractivity contribution >= 4 is 17.3 Å². The Kier molecular flexibility index (Phi) is 10.00. The molecule has 9 nitrogen and oxygen atoms in total. The van der Waals surface area contributed by atoms with Crippen LogP contribution in [0.2, 0.25) is 0 Å². The lowest BCUT2D eigenvalue weighted by molar-refractivity contribution is -0.137. The first-order valence-corrected chi connectivity index (χ1v) is 12.7. The molecule has 1 heterocycles. The lowest BCUT2D eigenvalue weighted by Crippen LogP contribution is -2.53. The van der Waals surface area contributed by atoms with Crippen molar-refractivity contribution in [2.24, 2.45) is 16.9 Å². The van der Waals surface area contributed by atoms with E-state index in [1.54, 1.807) is 0 Å². The minimum absolute atomic E-state index is 0.0845. The molecule has 3 N–H and O–H groups in total. The fourth-order valence-corrected chi connectivity index (χ4v) is 5.80. The molecule has 32 heavy (non-hydrogen) atoms. The Labute approximate surface area is 196 Å². The third kappa shape index (κ3) is 6.99. The summed E-state index contributed by atoms with van der Waals surface area (Å²) in [5.74, 6) is 1.07. The second-order valence-corrected chi connectivity index (χ2v) is 10.7. The second kappa shape index (κ2) is 12.3. The van der Waals surface area contributed by atoms with Crippen molar-refractivity contribution in [1.82, 2.24) is 20.8 Å². The van der Waals surface area contributed by atoms with Gasteiger partial charge in [0.2, 0.25) is 0 Å². The van der Waals surface area contributed by atoms with Crippen LogP contribution >= 0.6 is 11.6 Å². The summed E-state index contributed by atoms with van der Waals surface area (Å²) in [6.07, 6.45) is 8.62. The van der Waals surface area contributed by atoms with E-state index in [1.165, 1.54) is 19.3 Å². The highest BCUT2D eigenvalue weighted by Crippen LogP contribution is 2.31. The van der Waals surface area contributed by atoms with Crippen molar-refractivity contribution in [3.05, 3.63) is 10.4 Å². The highest BCUT2D eigenvalue weighted by Gasteiger charge is 2.33. The summed E-state index contributed by atoms with van der Waals surface area (Å²) in [7, 11) is 0. The van der Waals surface area contributed by atoms with Crippen LogP contribution in [0.4, 0.5) is 0 Å². The summed E-state index contributed by atoms with van der Waals surface area (Å²) in [6, 6.07) is -1.39. The number of halogens is 1. The van der Waals surface area contributed by atoms with Gasteiger partial charge in [-0.1, -0.05) is 13.3 Å². The smallest absolute Gasteiger partial charge is 0.0608 e. The molecule has 0 bridgehead atoms. The van der Waals surface area contributed by atoms with E-state index in [-0.39, 0.29) is 28.3 Å². The first-order chi connectivity index (χ1) is 15.3. The summed E-state index contributed by atoms with van der Waals surface area (Å²) >= 11 is 6.35. The molecule has 186 valence electrons. The van der Waals surface area contributed by atoms with Crippen LogP contribution < -0.4 is 5.43 Å². The molecule has 10 heteroatoms. The zero-order valence-electron chi connectivity index (χ0n) is 19.4. The summed E-state index contributed by atoms with van der Waals surface area (Å²) in [5.41, 5.74) is 4.27. The van der Waals surface area contributed by atoms with Gasteiger partial charge in [0.25, 0.3) is 0 Å². The van der Waals surface area contributed by atoms with Crippen molar-refractivity contribution in [1.29, 1.82) is 0 Å². The predicted molar refractivity (Wildman–Crippen MR) is 125 cm³/mol. The number of nitrogens with one attached hydrogen (secondary N) is 1. The van der Waals surface area contributed by atoms with Gasteiger partial charge in [0, 0.05) is 42.5 Å². The van der Waals surface area contributed by atoms with Gasteiger partial charge in [-0.3, -0.25) is 15.4 Å². The van der Waals surface area contributed by atoms with E-state index < -0.39 is 12.1 Å². The average molecular weight is 474 g/mol. The van der Waals surface area contributed by atoms with Crippen molar-refractivity contribution < 1.29 is 10.4 Å². The maximum atomic E-state index is 11.7. The number of hydrogen-bond donors (Lipinski definition) is 3. The molecule has 0 spiro atoms. The van der Waals surface area contributed by atoms with E-state index in [0.717, 1.165) is 50.4 Å². The maximum Gasteiger partial charge on any atom is 0.0608 e. The van der Waals surface area contributed by atoms with E-state index in [1.807, 2.05) is 0 Å². The number of piperidine rings is 1. The molecular weight excluding hydrogens is 434 g/mol. The fraction of sp³-hybridized carbons (Fsp3) is 0.955. The van der Waals surface area contributed by atoms with Crippen LogP contribution in [0, 0.1) is 22.3 Å². The van der Waals surface area contributed by atoms with Crippen LogP contribution in [0.25, 0.3) is 0 Å². The average Bonchev–Trinajstić information content (AvgIpc) is 2.78. The lowest BCUT2D eigenvalue weighted by Gasteiger charge is -2.45. The Hall–Kier alpha value is -0.520. The Morgan fingerprint density at radius 3 is 2.41 bits per heavy atom. The zero-order chi connectivity index (χ0) is 23.3. The van der Waals surface area contributed by atoms with Crippen LogP contribution in [0.1, 0.15) is 78.1 Å². The van der Waals surface area contributed by atoms with Crippen LogP contribution in [0.15, 0.2) is 5.10 Å². The van der Waals surface area contributed by atoms with Crippen LogP contribution in [0.3, 0.4) is 0 Å². The quantitative estimate of drug-likeness (QED) is 0.275. The van der Waals surface area contributed by atoms with E-state index in [2.05, 4.69) is 24.2 Å². The van der Waals surface area contributed by atoms with Gasteiger partial charge in [0.15, 0.2) is 0 Å². The van der Waals surface area contributed by atoms with Crippen molar-refractivity contribution in [2.45, 2.75) is 108 Å². The van der Waals surface area contributed by atoms with Gasteiger partial charge in [-0.2, -0.15) is 5.10 Å². The molecular formula is C22H40ClN5O4-2. The SMILES string of the molecule is CCC1CCC(C)N(CC(=NNC2CCC(N([O-])O)CC2N([O-])O)C2CCC(Cl)CC2)C1. The zero-order valence-corrected chi connectivity index (χ0v) is 20.2. The van der Waals surface area contributed by atoms with Gasteiger partial charge in [-0.05, 0) is 70.6 Å². The number of alkyl halides is 1. The largest absolute Gasteiger partial charge is 0.762 e. The molecule has 3 fully saturated rings. The van der Waals surface area contributed by atoms with Crippen LogP contribution in [-0.4, -0.2) is 74.1 Å². The first kappa shape index (κ1) is 26.1. The van der Waals surface area contributed by atoms with Crippen LogP contribution in [-0.2, 0) is 0 Å². The molecule has 0 amide bonds. The molecule has 0 radical (unpaired) electrons. The number of nitrogens with zero attached hydrogens (tertiary/aromatic N) is 4. The highest BCUT2D eigenvalue weighted by atomic mass is 35.5. The molecule has 5 unspecified atom stereocenters. The molecule has 3 rings (SSSR count). The van der Waals surface area contributed by atoms with E-state index in [9.17, 15) is 20.8 Å². The molecule has 0 aromatic carbocycles. The topological polar surface area (TPSA) is 121 Å². The fourth-order valence-electron chi connectivity index (χ4n) is 5.55. The van der Waals surface area contributed by atoms with E-state index >= 15 is 0 Å². The number of rotatable bonds is 8. The Morgan fingerprint density at radius 2 is 1.78 bits per heavy atom. The molecule has 2 aliphatic carbocycles. The monoisotopic (exact) mass is 473 g/mol. The standard InChI is InChI=1S/C22H40ClN5O4/c1-3-16-5-4-15(2)26(13-16)14-21(17-6-8-18(23)9-7-17)25-24-20-11-10-19(27(29)30)12-22(20)28(31)32/h15-20,22,24,29,31H,3-14H2,1-2H3/q-2. The predicted octanol–water partition coefficient (Wildman–Crippen LogP) is 3.91. The van der Waals surface area contributed by atoms with Gasteiger partial charge in [0.1, 0.15) is 0 Å². The minimum Gasteiger partial charge on any atom is -0.762 e. The minimum atomic E-state index is -0.834. The summed E-state index contributed by atoms with van der Waals surface area (Å²) < 4.78 is 0. The Bertz CT molecular complexity index is 603. The van der Waals surface area contributed by atoms with Gasteiger partial charge in [-0.15, -0.1) is 11.6 Å². The maximum absolute atomic E-state index is 11.7. The first-order valence-electron chi connectivity index (χ1n) is 12.3. The molecule has 1 aliphatic heterocycles. The Balaban J connectivity index is 1.72. The van der Waals surface area contributed by atoms with Crippen molar-refractivity contribution in [3.63, 3.8) is 0 Å². The van der Waals surface area contributed by atoms with Crippen LogP contribution in [0.5, 0.6) is 0 Å². The van der Waals surface area contributed by atoms with E-state index in [0.29, 0.717) is 24.8 Å². The van der Waals surface area contributed by atoms with Gasteiger partial charge in [0.05, 0.1) is 11.8 Å². The van der Waals surface area contributed by atoms with E-state index in [4.69, 9.17) is 16.7 Å². The molecule has 0 aromatic heterocycles. The number of hydrogen-bond acceptors (Lipinski definition) is 9. The lowest BCUT2D eigenvalue weighted by atomic mass is 9.84. The normalized spacial score (nSPS) is 37.8. The Morgan fingerprint density at radius 1 is 1.06 bits per heavy atom. The summed E-state index contributed by atoms with van der Waals surface area (Å²) in [5, 5.41) is 46.7. The third-order valence-corrected chi connectivity index (χ3v) is 8.37. The van der Waals surface area contributed by atoms with Gasteiger partial charge < -0.3 is 26.3 Å². The second-order valence-electron chi connectivity index (χ2n) is 10.1. The number of hydroxylamine groups is 4. The molecule has 0 aromatic rings. The molecule has 1 saturated heterocycles. The molecule has 3 aliphatic rings. The van der Waals surface area contributed by atoms with Crippen molar-refractivity contribution in [3.8, 4) is 0 Å². The third-order valence-electron chi connectivity index (χ3n) is 7.94. The number of likely N-dealkylation sites (tertiary alicyclic amines) is 1. The molecule has 5 atom stereocenters.